The van der Waals surface area contributed by atoms with Crippen LogP contribution < -0.4 is 10.1 Å². The first-order chi connectivity index (χ1) is 14.5. The molecule has 1 aromatic heterocycles. The molecule has 0 aliphatic heterocycles. The van der Waals surface area contributed by atoms with E-state index in [1.165, 1.54) is 23.1 Å². The molecule has 2 amide bonds. The minimum Gasteiger partial charge on any atom is -0.497 e. The maximum absolute atomic E-state index is 12.7. The zero-order valence-corrected chi connectivity index (χ0v) is 19.6. The molecule has 0 aliphatic carbocycles. The van der Waals surface area contributed by atoms with Crippen molar-refractivity contribution in [3.63, 3.8) is 0 Å². The number of nitrogens with one attached hydrogen (secondary N) is 1. The molecule has 0 spiro atoms. The van der Waals surface area contributed by atoms with Gasteiger partial charge in [0.15, 0.2) is 4.34 Å². The van der Waals surface area contributed by atoms with Gasteiger partial charge in [0.25, 0.3) is 0 Å². The molecule has 0 fully saturated rings. The average molecular weight is 450 g/mol. The first kappa shape index (κ1) is 24.2. The second-order valence-corrected chi connectivity index (χ2v) is 9.02. The molecule has 1 heterocycles. The Morgan fingerprint density at radius 1 is 1.20 bits per heavy atom. The van der Waals surface area contributed by atoms with E-state index in [0.29, 0.717) is 17.9 Å². The number of benzene rings is 1. The molecule has 1 aromatic carbocycles. The number of rotatable bonds is 13. The third kappa shape index (κ3) is 8.36. The fraction of sp³-hybridized carbons (Fsp3) is 0.500. The molecular weight excluding hydrogens is 418 g/mol. The molecule has 2 rings (SSSR count). The maximum Gasteiger partial charge on any atom is 0.234 e. The highest BCUT2D eigenvalue weighted by atomic mass is 32.2. The second-order valence-electron chi connectivity index (χ2n) is 6.94. The lowest BCUT2D eigenvalue weighted by atomic mass is 10.2. The molecular formula is C22H31N3O3S2. The topological polar surface area (TPSA) is 71.5 Å². The van der Waals surface area contributed by atoms with E-state index in [9.17, 15) is 9.59 Å². The van der Waals surface area contributed by atoms with E-state index in [-0.39, 0.29) is 17.6 Å². The van der Waals surface area contributed by atoms with Crippen LogP contribution in [0.3, 0.4) is 0 Å². The first-order valence-corrected chi connectivity index (χ1v) is 12.2. The Bertz CT molecular complexity index is 802. The summed E-state index contributed by atoms with van der Waals surface area (Å²) in [5.41, 5.74) is 1.48. The van der Waals surface area contributed by atoms with Gasteiger partial charge < -0.3 is 15.0 Å². The Hall–Kier alpha value is -2.06. The van der Waals surface area contributed by atoms with Crippen molar-refractivity contribution in [1.29, 1.82) is 0 Å². The molecule has 0 saturated heterocycles. The number of unbranched alkanes of at least 4 members (excludes halogenated alkanes) is 2. The van der Waals surface area contributed by atoms with Crippen LogP contribution in [-0.4, -0.2) is 47.7 Å². The standard InChI is InChI=1S/C22H31N3O3S2/c1-4-6-11-25(12-7-5-2)21(27)14-18-15-29-22(24-18)30-16-20(26)23-17-9-8-10-19(13-17)28-3/h8-10,13,15H,4-7,11-12,14,16H2,1-3H3,(H,23,26). The van der Waals surface area contributed by atoms with Crippen LogP contribution in [0, 0.1) is 0 Å². The largest absolute Gasteiger partial charge is 0.497 e. The van der Waals surface area contributed by atoms with Crippen molar-refractivity contribution in [2.24, 2.45) is 0 Å². The van der Waals surface area contributed by atoms with Crippen LogP contribution in [0.5, 0.6) is 5.75 Å². The van der Waals surface area contributed by atoms with Crippen LogP contribution in [0.15, 0.2) is 34.0 Å². The normalized spacial score (nSPS) is 10.6. The van der Waals surface area contributed by atoms with E-state index >= 15 is 0 Å². The molecule has 0 bridgehead atoms. The number of carbonyl (C=O) groups is 2. The summed E-state index contributed by atoms with van der Waals surface area (Å²) in [6.45, 7) is 5.89. The van der Waals surface area contributed by atoms with Gasteiger partial charge in [0.2, 0.25) is 11.8 Å². The van der Waals surface area contributed by atoms with Crippen molar-refractivity contribution in [2.45, 2.75) is 50.3 Å². The summed E-state index contributed by atoms with van der Waals surface area (Å²) in [5.74, 6) is 0.986. The molecule has 6 nitrogen and oxygen atoms in total. The van der Waals surface area contributed by atoms with E-state index in [2.05, 4.69) is 24.1 Å². The number of methoxy groups -OCH3 is 1. The summed E-state index contributed by atoms with van der Waals surface area (Å²) >= 11 is 2.86. The van der Waals surface area contributed by atoms with Gasteiger partial charge in [-0.3, -0.25) is 9.59 Å². The summed E-state index contributed by atoms with van der Waals surface area (Å²) in [5, 5.41) is 4.77. The van der Waals surface area contributed by atoms with Crippen molar-refractivity contribution in [3.05, 3.63) is 35.3 Å². The van der Waals surface area contributed by atoms with Gasteiger partial charge in [0.05, 0.1) is 25.0 Å². The molecule has 2 aromatic rings. The highest BCUT2D eigenvalue weighted by Gasteiger charge is 2.15. The number of thiazole rings is 1. The highest BCUT2D eigenvalue weighted by Crippen LogP contribution is 2.24. The maximum atomic E-state index is 12.7. The summed E-state index contributed by atoms with van der Waals surface area (Å²) in [6.07, 6.45) is 4.52. The minimum atomic E-state index is -0.105. The third-order valence-electron chi connectivity index (χ3n) is 4.46. The number of ether oxygens (including phenoxy) is 1. The van der Waals surface area contributed by atoms with Gasteiger partial charge in [-0.15, -0.1) is 11.3 Å². The van der Waals surface area contributed by atoms with E-state index in [4.69, 9.17) is 4.74 Å². The summed E-state index contributed by atoms with van der Waals surface area (Å²) in [4.78, 5) is 31.4. The lowest BCUT2D eigenvalue weighted by Gasteiger charge is -2.22. The van der Waals surface area contributed by atoms with Gasteiger partial charge in [-0.25, -0.2) is 4.98 Å². The Balaban J connectivity index is 1.83. The van der Waals surface area contributed by atoms with Gasteiger partial charge in [0.1, 0.15) is 5.75 Å². The number of thioether (sulfide) groups is 1. The number of hydrogen-bond acceptors (Lipinski definition) is 6. The van der Waals surface area contributed by atoms with Crippen LogP contribution >= 0.6 is 23.1 Å². The molecule has 30 heavy (non-hydrogen) atoms. The number of anilines is 1. The van der Waals surface area contributed by atoms with E-state index in [1.54, 1.807) is 13.2 Å². The lowest BCUT2D eigenvalue weighted by molar-refractivity contribution is -0.130. The Kier molecular flexibility index (Phi) is 10.7. The van der Waals surface area contributed by atoms with Gasteiger partial charge in [-0.2, -0.15) is 0 Å². The van der Waals surface area contributed by atoms with Gasteiger partial charge in [-0.1, -0.05) is 44.5 Å². The molecule has 0 atom stereocenters. The van der Waals surface area contributed by atoms with Crippen LogP contribution in [0.2, 0.25) is 0 Å². The van der Waals surface area contributed by atoms with Crippen LogP contribution in [0.4, 0.5) is 5.69 Å². The van der Waals surface area contributed by atoms with Crippen LogP contribution in [0.1, 0.15) is 45.2 Å². The smallest absolute Gasteiger partial charge is 0.234 e. The number of aromatic nitrogens is 1. The number of amides is 2. The quantitative estimate of drug-likeness (QED) is 0.443. The molecule has 8 heteroatoms. The number of carbonyl (C=O) groups excluding carboxylic acids is 2. The van der Waals surface area contributed by atoms with Crippen molar-refractivity contribution < 1.29 is 14.3 Å². The second kappa shape index (κ2) is 13.3. The lowest BCUT2D eigenvalue weighted by Crippen LogP contribution is -2.34. The fourth-order valence-corrected chi connectivity index (χ4v) is 4.43. The van der Waals surface area contributed by atoms with Gasteiger partial charge in [-0.05, 0) is 25.0 Å². The SMILES string of the molecule is CCCCN(CCCC)C(=O)Cc1csc(SCC(=O)Nc2cccc(OC)c2)n1. The predicted octanol–water partition coefficient (Wildman–Crippen LogP) is 4.85. The molecule has 0 unspecified atom stereocenters. The average Bonchev–Trinajstić information content (AvgIpc) is 3.19. The fourth-order valence-electron chi connectivity index (χ4n) is 2.79. The predicted molar refractivity (Wildman–Crippen MR) is 125 cm³/mol. The summed E-state index contributed by atoms with van der Waals surface area (Å²) < 4.78 is 5.96. The van der Waals surface area contributed by atoms with Crippen LogP contribution in [0.25, 0.3) is 0 Å². The highest BCUT2D eigenvalue weighted by molar-refractivity contribution is 8.01. The molecule has 0 saturated carbocycles. The Morgan fingerprint density at radius 3 is 2.60 bits per heavy atom. The Labute approximate surface area is 187 Å². The van der Waals surface area contributed by atoms with Crippen molar-refractivity contribution in [3.8, 4) is 5.75 Å². The monoisotopic (exact) mass is 449 g/mol. The Morgan fingerprint density at radius 2 is 1.93 bits per heavy atom. The molecule has 164 valence electrons. The third-order valence-corrected chi connectivity index (χ3v) is 6.53. The number of nitrogens with zero attached hydrogens (tertiary/aromatic N) is 2. The summed E-state index contributed by atoms with van der Waals surface area (Å²) in [6, 6.07) is 7.25. The first-order valence-electron chi connectivity index (χ1n) is 10.3. The van der Waals surface area contributed by atoms with Gasteiger partial charge >= 0.3 is 0 Å². The van der Waals surface area contributed by atoms with Crippen molar-refractivity contribution >= 4 is 40.6 Å². The van der Waals surface area contributed by atoms with E-state index in [1.807, 2.05) is 28.5 Å². The van der Waals surface area contributed by atoms with Crippen LogP contribution in [-0.2, 0) is 16.0 Å². The van der Waals surface area contributed by atoms with E-state index in [0.717, 1.165) is 48.8 Å². The number of hydrogen-bond donors (Lipinski definition) is 1. The minimum absolute atomic E-state index is 0.105. The van der Waals surface area contributed by atoms with E-state index < -0.39 is 0 Å². The van der Waals surface area contributed by atoms with Crippen molar-refractivity contribution in [1.82, 2.24) is 9.88 Å². The molecule has 1 N–H and O–H groups in total. The van der Waals surface area contributed by atoms with Crippen molar-refractivity contribution in [2.75, 3.05) is 31.3 Å². The molecule has 0 radical (unpaired) electrons. The zero-order valence-electron chi connectivity index (χ0n) is 18.0. The zero-order chi connectivity index (χ0) is 21.8. The molecule has 0 aliphatic rings. The summed E-state index contributed by atoms with van der Waals surface area (Å²) in [7, 11) is 1.59. The van der Waals surface area contributed by atoms with Gasteiger partial charge in [0, 0.05) is 30.2 Å².